The van der Waals surface area contributed by atoms with E-state index in [9.17, 15) is 0 Å². The summed E-state index contributed by atoms with van der Waals surface area (Å²) in [5.74, 6) is 0.523. The smallest absolute Gasteiger partial charge is 0.123 e. The Hall–Kier alpha value is -1.09. The van der Waals surface area contributed by atoms with Crippen LogP contribution in [0.3, 0.4) is 0 Å². The average molecular weight is 137 g/mol. The number of rotatable bonds is 1. The Labute approximate surface area is 60.1 Å². The molecule has 0 saturated carbocycles. The maximum Gasteiger partial charge on any atom is 0.123 e. The van der Waals surface area contributed by atoms with E-state index in [2.05, 4.69) is 4.98 Å². The molecular weight excluding hydrogens is 126 g/mol. The number of nitrogens with zero attached hydrogens (tertiary/aromatic N) is 1. The third kappa shape index (κ3) is 1.45. The minimum absolute atomic E-state index is 0.0384. The van der Waals surface area contributed by atoms with E-state index in [1.807, 2.05) is 19.1 Å². The van der Waals surface area contributed by atoms with Crippen LogP contribution in [0, 0.1) is 0 Å². The van der Waals surface area contributed by atoms with Crippen LogP contribution in [0.2, 0.25) is 0 Å². The van der Waals surface area contributed by atoms with Crippen molar-refractivity contribution in [2.24, 2.45) is 5.73 Å². The maximum atomic E-state index is 5.56. The first-order valence-corrected chi connectivity index (χ1v) is 3.18. The first kappa shape index (κ1) is 7.02. The molecule has 3 heteroatoms. The lowest BCUT2D eigenvalue weighted by molar-refractivity contribution is 0.783. The Morgan fingerprint density at radius 1 is 1.50 bits per heavy atom. The van der Waals surface area contributed by atoms with Crippen LogP contribution in [0.25, 0.3) is 0 Å². The molecule has 1 aromatic heterocycles. The van der Waals surface area contributed by atoms with Gasteiger partial charge in [-0.05, 0) is 19.1 Å². The molecule has 0 spiro atoms. The molecule has 0 bridgehead atoms. The molecule has 0 fully saturated rings. The van der Waals surface area contributed by atoms with E-state index in [1.165, 1.54) is 0 Å². The van der Waals surface area contributed by atoms with Crippen LogP contribution in [0.4, 0.5) is 5.82 Å². The van der Waals surface area contributed by atoms with Crippen LogP contribution in [0.15, 0.2) is 18.2 Å². The van der Waals surface area contributed by atoms with Gasteiger partial charge in [0.1, 0.15) is 5.82 Å². The molecule has 0 radical (unpaired) electrons. The summed E-state index contributed by atoms with van der Waals surface area (Å²) in [6, 6.07) is 5.41. The number of hydrogen-bond donors (Lipinski definition) is 2. The molecule has 0 amide bonds. The largest absolute Gasteiger partial charge is 0.384 e. The van der Waals surface area contributed by atoms with E-state index >= 15 is 0 Å². The number of anilines is 1. The molecule has 1 aromatic rings. The van der Waals surface area contributed by atoms with Crippen molar-refractivity contribution in [3.05, 3.63) is 23.9 Å². The van der Waals surface area contributed by atoms with Gasteiger partial charge in [0.25, 0.3) is 0 Å². The van der Waals surface area contributed by atoms with E-state index in [0.29, 0.717) is 5.82 Å². The lowest BCUT2D eigenvalue weighted by Crippen LogP contribution is -2.07. The Kier molecular flexibility index (Phi) is 1.87. The van der Waals surface area contributed by atoms with Gasteiger partial charge >= 0.3 is 0 Å². The molecule has 1 heterocycles. The fourth-order valence-corrected chi connectivity index (χ4v) is 0.722. The zero-order chi connectivity index (χ0) is 7.56. The summed E-state index contributed by atoms with van der Waals surface area (Å²) < 4.78 is 0. The van der Waals surface area contributed by atoms with E-state index in [1.54, 1.807) is 6.07 Å². The van der Waals surface area contributed by atoms with E-state index in [4.69, 9.17) is 11.5 Å². The first-order chi connectivity index (χ1) is 4.70. The van der Waals surface area contributed by atoms with Crippen molar-refractivity contribution in [2.45, 2.75) is 13.0 Å². The van der Waals surface area contributed by atoms with Gasteiger partial charge in [-0.15, -0.1) is 0 Å². The quantitative estimate of drug-likeness (QED) is 0.598. The summed E-state index contributed by atoms with van der Waals surface area (Å²) in [6.45, 7) is 1.88. The lowest BCUT2D eigenvalue weighted by Gasteiger charge is -2.03. The molecule has 3 nitrogen and oxygen atoms in total. The second-order valence-corrected chi connectivity index (χ2v) is 2.28. The SMILES string of the molecule is CC(N)c1cccc(N)n1. The zero-order valence-corrected chi connectivity index (χ0v) is 5.91. The normalized spacial score (nSPS) is 13.0. The van der Waals surface area contributed by atoms with Crippen molar-refractivity contribution < 1.29 is 0 Å². The van der Waals surface area contributed by atoms with Crippen LogP contribution in [0.5, 0.6) is 0 Å². The molecule has 1 atom stereocenters. The van der Waals surface area contributed by atoms with Crippen LogP contribution in [0.1, 0.15) is 18.7 Å². The molecule has 0 aliphatic rings. The zero-order valence-electron chi connectivity index (χ0n) is 5.91. The van der Waals surface area contributed by atoms with Gasteiger partial charge in [0.2, 0.25) is 0 Å². The molecule has 0 aromatic carbocycles. The van der Waals surface area contributed by atoms with Crippen molar-refractivity contribution in [3.63, 3.8) is 0 Å². The number of aromatic nitrogens is 1. The Morgan fingerprint density at radius 2 is 2.20 bits per heavy atom. The highest BCUT2D eigenvalue weighted by molar-refractivity contribution is 5.29. The molecule has 0 aliphatic carbocycles. The van der Waals surface area contributed by atoms with E-state index in [-0.39, 0.29) is 6.04 Å². The molecule has 1 unspecified atom stereocenters. The third-order valence-corrected chi connectivity index (χ3v) is 1.26. The average Bonchev–Trinajstić information content (AvgIpc) is 1.88. The number of nitrogens with two attached hydrogens (primary N) is 2. The van der Waals surface area contributed by atoms with Gasteiger partial charge in [0.15, 0.2) is 0 Å². The predicted molar refractivity (Wildman–Crippen MR) is 41.3 cm³/mol. The van der Waals surface area contributed by atoms with Gasteiger partial charge in [0, 0.05) is 6.04 Å². The topological polar surface area (TPSA) is 64.9 Å². The second-order valence-electron chi connectivity index (χ2n) is 2.28. The molecule has 10 heavy (non-hydrogen) atoms. The van der Waals surface area contributed by atoms with E-state index < -0.39 is 0 Å². The molecule has 0 saturated heterocycles. The number of hydrogen-bond acceptors (Lipinski definition) is 3. The summed E-state index contributed by atoms with van der Waals surface area (Å²) in [5, 5.41) is 0. The third-order valence-electron chi connectivity index (χ3n) is 1.26. The Balaban J connectivity index is 2.96. The molecular formula is C7H11N3. The predicted octanol–water partition coefficient (Wildman–Crippen LogP) is 0.684. The van der Waals surface area contributed by atoms with Gasteiger partial charge in [-0.25, -0.2) is 4.98 Å². The highest BCUT2D eigenvalue weighted by Gasteiger charge is 1.98. The van der Waals surface area contributed by atoms with Gasteiger partial charge in [-0.1, -0.05) is 6.07 Å². The van der Waals surface area contributed by atoms with Gasteiger partial charge in [0.05, 0.1) is 5.69 Å². The molecule has 54 valence electrons. The summed E-state index contributed by atoms with van der Waals surface area (Å²) in [4.78, 5) is 4.03. The second kappa shape index (κ2) is 2.66. The highest BCUT2D eigenvalue weighted by Crippen LogP contribution is 2.06. The fourth-order valence-electron chi connectivity index (χ4n) is 0.722. The standard InChI is InChI=1S/C7H11N3/c1-5(8)6-3-2-4-7(9)10-6/h2-5H,8H2,1H3,(H2,9,10). The lowest BCUT2D eigenvalue weighted by atomic mass is 10.2. The molecule has 1 rings (SSSR count). The van der Waals surface area contributed by atoms with Crippen LogP contribution < -0.4 is 11.5 Å². The number of pyridine rings is 1. The van der Waals surface area contributed by atoms with Crippen molar-refractivity contribution in [2.75, 3.05) is 5.73 Å². The van der Waals surface area contributed by atoms with Crippen molar-refractivity contribution >= 4 is 5.82 Å². The van der Waals surface area contributed by atoms with Crippen LogP contribution >= 0.6 is 0 Å². The van der Waals surface area contributed by atoms with Gasteiger partial charge in [-0.3, -0.25) is 0 Å². The van der Waals surface area contributed by atoms with Crippen molar-refractivity contribution in [1.82, 2.24) is 4.98 Å². The molecule has 0 aliphatic heterocycles. The minimum Gasteiger partial charge on any atom is -0.384 e. The van der Waals surface area contributed by atoms with Gasteiger partial charge < -0.3 is 11.5 Å². The monoisotopic (exact) mass is 137 g/mol. The van der Waals surface area contributed by atoms with Crippen molar-refractivity contribution in [1.29, 1.82) is 0 Å². The summed E-state index contributed by atoms with van der Waals surface area (Å²) >= 11 is 0. The molecule has 4 N–H and O–H groups in total. The summed E-state index contributed by atoms with van der Waals surface area (Å²) in [6.07, 6.45) is 0. The van der Waals surface area contributed by atoms with Gasteiger partial charge in [-0.2, -0.15) is 0 Å². The van der Waals surface area contributed by atoms with Crippen molar-refractivity contribution in [3.8, 4) is 0 Å². The number of nitrogen functional groups attached to an aromatic ring is 1. The van der Waals surface area contributed by atoms with Crippen LogP contribution in [-0.4, -0.2) is 4.98 Å². The highest BCUT2D eigenvalue weighted by atomic mass is 14.9. The first-order valence-electron chi connectivity index (χ1n) is 3.18. The Bertz CT molecular complexity index is 220. The summed E-state index contributed by atoms with van der Waals surface area (Å²) in [7, 11) is 0. The summed E-state index contributed by atoms with van der Waals surface area (Å²) in [5.41, 5.74) is 11.8. The maximum absolute atomic E-state index is 5.56. The Morgan fingerprint density at radius 3 is 2.60 bits per heavy atom. The minimum atomic E-state index is -0.0384. The van der Waals surface area contributed by atoms with Crippen LogP contribution in [-0.2, 0) is 0 Å². The fraction of sp³-hybridized carbons (Fsp3) is 0.286. The van der Waals surface area contributed by atoms with E-state index in [0.717, 1.165) is 5.69 Å².